The molecule has 3 nitrogen and oxygen atoms in total. The van der Waals surface area contributed by atoms with Gasteiger partial charge in [-0.2, -0.15) is 5.10 Å². The Kier molecular flexibility index (Phi) is 2.59. The van der Waals surface area contributed by atoms with E-state index in [2.05, 4.69) is 29.4 Å². The van der Waals surface area contributed by atoms with Crippen molar-refractivity contribution >= 4 is 0 Å². The highest BCUT2D eigenvalue weighted by atomic mass is 15.1. The Balaban J connectivity index is 1.78. The van der Waals surface area contributed by atoms with E-state index in [-0.39, 0.29) is 0 Å². The molecule has 78 valence electrons. The fourth-order valence-corrected chi connectivity index (χ4v) is 2.25. The van der Waals surface area contributed by atoms with Gasteiger partial charge in [-0.3, -0.25) is 5.10 Å². The average Bonchev–Trinajstić information content (AvgIpc) is 2.70. The summed E-state index contributed by atoms with van der Waals surface area (Å²) < 4.78 is 0. The van der Waals surface area contributed by atoms with Crippen molar-refractivity contribution in [2.75, 3.05) is 0 Å². The molecule has 1 unspecified atom stereocenters. The van der Waals surface area contributed by atoms with E-state index in [4.69, 9.17) is 0 Å². The van der Waals surface area contributed by atoms with Gasteiger partial charge in [0.2, 0.25) is 0 Å². The van der Waals surface area contributed by atoms with Crippen LogP contribution in [0.5, 0.6) is 0 Å². The first-order valence-corrected chi connectivity index (χ1v) is 5.37. The third kappa shape index (κ3) is 2.35. The zero-order valence-electron chi connectivity index (χ0n) is 9.01. The predicted molar refractivity (Wildman–Crippen MR) is 56.8 cm³/mol. The third-order valence-corrected chi connectivity index (χ3v) is 3.11. The standard InChI is InChI=1S/C11H19N3/c1-11(2)5-3-9(7-11)12-8-10-4-6-13-14-10/h4,6,9,12H,3,5,7-8H2,1-2H3,(H,13,14). The molecule has 2 N–H and O–H groups in total. The van der Waals surface area contributed by atoms with Gasteiger partial charge in [-0.15, -0.1) is 0 Å². The summed E-state index contributed by atoms with van der Waals surface area (Å²) in [6, 6.07) is 2.71. The molecular formula is C11H19N3. The van der Waals surface area contributed by atoms with Gasteiger partial charge >= 0.3 is 0 Å². The van der Waals surface area contributed by atoms with Gasteiger partial charge in [-0.1, -0.05) is 13.8 Å². The van der Waals surface area contributed by atoms with Gasteiger partial charge in [-0.25, -0.2) is 0 Å². The maximum atomic E-state index is 3.93. The van der Waals surface area contributed by atoms with Crippen molar-refractivity contribution in [2.24, 2.45) is 5.41 Å². The van der Waals surface area contributed by atoms with Gasteiger partial charge in [0.05, 0.1) is 0 Å². The molecule has 1 aliphatic carbocycles. The van der Waals surface area contributed by atoms with Crippen LogP contribution in [-0.2, 0) is 6.54 Å². The maximum absolute atomic E-state index is 3.93. The van der Waals surface area contributed by atoms with E-state index < -0.39 is 0 Å². The predicted octanol–water partition coefficient (Wildman–Crippen LogP) is 2.08. The summed E-state index contributed by atoms with van der Waals surface area (Å²) in [5, 5.41) is 10.5. The number of aromatic nitrogens is 2. The molecule has 0 radical (unpaired) electrons. The van der Waals surface area contributed by atoms with Crippen molar-refractivity contribution in [3.8, 4) is 0 Å². The molecule has 1 heterocycles. The number of rotatable bonds is 3. The Morgan fingerprint density at radius 2 is 2.50 bits per heavy atom. The minimum absolute atomic E-state index is 0.533. The van der Waals surface area contributed by atoms with Crippen molar-refractivity contribution in [2.45, 2.75) is 45.7 Å². The SMILES string of the molecule is CC1(C)CCC(NCc2ccn[nH]2)C1. The van der Waals surface area contributed by atoms with E-state index in [1.807, 2.05) is 6.07 Å². The monoisotopic (exact) mass is 193 g/mol. The molecule has 1 atom stereocenters. The number of hydrogen-bond donors (Lipinski definition) is 2. The van der Waals surface area contributed by atoms with Crippen molar-refractivity contribution in [3.63, 3.8) is 0 Å². The lowest BCUT2D eigenvalue weighted by molar-refractivity contribution is 0.364. The molecule has 3 heteroatoms. The molecule has 0 aromatic carbocycles. The van der Waals surface area contributed by atoms with E-state index in [9.17, 15) is 0 Å². The molecule has 0 aliphatic heterocycles. The largest absolute Gasteiger partial charge is 0.308 e. The molecule has 1 aromatic rings. The van der Waals surface area contributed by atoms with Gasteiger partial charge < -0.3 is 5.32 Å². The Hall–Kier alpha value is -0.830. The Morgan fingerprint density at radius 1 is 1.64 bits per heavy atom. The van der Waals surface area contributed by atoms with Crippen molar-refractivity contribution in [1.29, 1.82) is 0 Å². The van der Waals surface area contributed by atoms with Gasteiger partial charge in [0, 0.05) is 24.5 Å². The molecule has 0 saturated heterocycles. The number of hydrogen-bond acceptors (Lipinski definition) is 2. The van der Waals surface area contributed by atoms with Crippen LogP contribution in [-0.4, -0.2) is 16.2 Å². The van der Waals surface area contributed by atoms with E-state index in [0.29, 0.717) is 11.5 Å². The van der Waals surface area contributed by atoms with E-state index in [1.165, 1.54) is 25.0 Å². The lowest BCUT2D eigenvalue weighted by atomic mass is 9.92. The first-order valence-electron chi connectivity index (χ1n) is 5.37. The van der Waals surface area contributed by atoms with E-state index >= 15 is 0 Å². The molecule has 0 amide bonds. The first kappa shape index (κ1) is 9.71. The number of nitrogens with one attached hydrogen (secondary N) is 2. The van der Waals surface area contributed by atoms with Crippen molar-refractivity contribution in [1.82, 2.24) is 15.5 Å². The second-order valence-corrected chi connectivity index (χ2v) is 5.07. The molecule has 1 saturated carbocycles. The highest BCUT2D eigenvalue weighted by Crippen LogP contribution is 2.36. The number of nitrogens with zero attached hydrogens (tertiary/aromatic N) is 1. The van der Waals surface area contributed by atoms with Gasteiger partial charge in [0.15, 0.2) is 0 Å². The fourth-order valence-electron chi connectivity index (χ4n) is 2.25. The summed E-state index contributed by atoms with van der Waals surface area (Å²) in [5.41, 5.74) is 1.71. The normalized spacial score (nSPS) is 25.4. The van der Waals surface area contributed by atoms with Gasteiger partial charge in [0.25, 0.3) is 0 Å². The van der Waals surface area contributed by atoms with Crippen LogP contribution in [0.1, 0.15) is 38.8 Å². The lowest BCUT2D eigenvalue weighted by Crippen LogP contribution is -2.26. The first-order chi connectivity index (χ1) is 6.66. The van der Waals surface area contributed by atoms with Crippen LogP contribution in [0, 0.1) is 5.41 Å². The van der Waals surface area contributed by atoms with Crippen LogP contribution in [0.15, 0.2) is 12.3 Å². The Bertz CT molecular complexity index is 277. The molecule has 14 heavy (non-hydrogen) atoms. The van der Waals surface area contributed by atoms with Gasteiger partial charge in [-0.05, 0) is 30.7 Å². The number of H-pyrrole nitrogens is 1. The molecule has 1 aliphatic rings. The molecule has 1 aromatic heterocycles. The number of aromatic amines is 1. The second-order valence-electron chi connectivity index (χ2n) is 5.07. The van der Waals surface area contributed by atoms with Crippen LogP contribution in [0.2, 0.25) is 0 Å². The summed E-state index contributed by atoms with van der Waals surface area (Å²) in [7, 11) is 0. The summed E-state index contributed by atoms with van der Waals surface area (Å²) in [6.07, 6.45) is 5.74. The molecular weight excluding hydrogens is 174 g/mol. The van der Waals surface area contributed by atoms with Crippen LogP contribution in [0.3, 0.4) is 0 Å². The second kappa shape index (κ2) is 3.73. The van der Waals surface area contributed by atoms with Crippen LogP contribution < -0.4 is 5.32 Å². The fraction of sp³-hybridized carbons (Fsp3) is 0.727. The molecule has 0 bridgehead atoms. The lowest BCUT2D eigenvalue weighted by Gasteiger charge is -2.17. The average molecular weight is 193 g/mol. The maximum Gasteiger partial charge on any atom is 0.0490 e. The minimum Gasteiger partial charge on any atom is -0.308 e. The minimum atomic E-state index is 0.533. The Morgan fingerprint density at radius 3 is 3.07 bits per heavy atom. The summed E-state index contributed by atoms with van der Waals surface area (Å²) in [5.74, 6) is 0. The molecule has 2 rings (SSSR count). The van der Waals surface area contributed by atoms with Crippen molar-refractivity contribution in [3.05, 3.63) is 18.0 Å². The van der Waals surface area contributed by atoms with E-state index in [1.54, 1.807) is 6.20 Å². The highest BCUT2D eigenvalue weighted by Gasteiger charge is 2.30. The smallest absolute Gasteiger partial charge is 0.0490 e. The zero-order chi connectivity index (χ0) is 10.0. The summed E-state index contributed by atoms with van der Waals surface area (Å²) >= 11 is 0. The highest BCUT2D eigenvalue weighted by molar-refractivity contribution is 4.98. The summed E-state index contributed by atoms with van der Waals surface area (Å²) in [4.78, 5) is 0. The van der Waals surface area contributed by atoms with Gasteiger partial charge in [0.1, 0.15) is 0 Å². The zero-order valence-corrected chi connectivity index (χ0v) is 9.01. The van der Waals surface area contributed by atoms with Crippen LogP contribution in [0.4, 0.5) is 0 Å². The summed E-state index contributed by atoms with van der Waals surface area (Å²) in [6.45, 7) is 5.62. The van der Waals surface area contributed by atoms with Crippen LogP contribution >= 0.6 is 0 Å². The van der Waals surface area contributed by atoms with E-state index in [0.717, 1.165) is 6.54 Å². The molecule has 0 spiro atoms. The van der Waals surface area contributed by atoms with Crippen LogP contribution in [0.25, 0.3) is 0 Å². The molecule has 1 fully saturated rings. The van der Waals surface area contributed by atoms with Crippen molar-refractivity contribution < 1.29 is 0 Å². The Labute approximate surface area is 85.3 Å². The topological polar surface area (TPSA) is 40.7 Å². The quantitative estimate of drug-likeness (QED) is 0.771. The third-order valence-electron chi connectivity index (χ3n) is 3.11.